The van der Waals surface area contributed by atoms with Crippen LogP contribution in [0.1, 0.15) is 19.3 Å². The maximum atomic E-state index is 11.7. The number of benzene rings is 1. The van der Waals surface area contributed by atoms with Gasteiger partial charge in [0.25, 0.3) is 0 Å². The van der Waals surface area contributed by atoms with Crippen molar-refractivity contribution in [2.24, 2.45) is 0 Å². The van der Waals surface area contributed by atoms with Gasteiger partial charge in [-0.25, -0.2) is 0 Å². The number of hydrogen-bond donors (Lipinski definition) is 1. The van der Waals surface area contributed by atoms with Crippen molar-refractivity contribution < 1.29 is 14.4 Å². The zero-order valence-corrected chi connectivity index (χ0v) is 12.3. The molecule has 5 nitrogen and oxygen atoms in total. The summed E-state index contributed by atoms with van der Waals surface area (Å²) in [6.45, 7) is 0.160. The van der Waals surface area contributed by atoms with E-state index in [-0.39, 0.29) is 43.5 Å². The molecule has 19 heavy (non-hydrogen) atoms. The Morgan fingerprint density at radius 3 is 2.58 bits per heavy atom. The van der Waals surface area contributed by atoms with Crippen LogP contribution in [0.25, 0.3) is 0 Å². The number of halogens is 1. The highest BCUT2D eigenvalue weighted by Crippen LogP contribution is 2.14. The van der Waals surface area contributed by atoms with Crippen LogP contribution in [0, 0.1) is 3.57 Å². The lowest BCUT2D eigenvalue weighted by molar-refractivity contribution is -0.138. The largest absolute Gasteiger partial charge is 0.326 e. The predicted octanol–water partition coefficient (Wildman–Crippen LogP) is 1.77. The molecule has 6 heteroatoms. The van der Waals surface area contributed by atoms with Crippen molar-refractivity contribution >= 4 is 46.0 Å². The lowest BCUT2D eigenvalue weighted by atomic mass is 10.3. The first-order valence-corrected chi connectivity index (χ1v) is 7.03. The summed E-state index contributed by atoms with van der Waals surface area (Å²) in [6, 6.07) is 7.43. The van der Waals surface area contributed by atoms with Crippen molar-refractivity contribution in [1.82, 2.24) is 4.90 Å². The van der Waals surface area contributed by atoms with Gasteiger partial charge in [-0.15, -0.1) is 0 Å². The molecule has 100 valence electrons. The molecule has 0 bridgehead atoms. The summed E-state index contributed by atoms with van der Waals surface area (Å²) in [4.78, 5) is 35.6. The monoisotopic (exact) mass is 372 g/mol. The number of anilines is 1. The van der Waals surface area contributed by atoms with E-state index < -0.39 is 0 Å². The van der Waals surface area contributed by atoms with E-state index >= 15 is 0 Å². The molecule has 1 fully saturated rings. The molecule has 0 radical (unpaired) electrons. The van der Waals surface area contributed by atoms with Gasteiger partial charge < -0.3 is 5.32 Å². The number of likely N-dealkylation sites (tertiary alicyclic amines) is 1. The van der Waals surface area contributed by atoms with Crippen LogP contribution in [0.4, 0.5) is 5.69 Å². The fraction of sp³-hybridized carbons (Fsp3) is 0.308. The number of hydrogen-bond acceptors (Lipinski definition) is 3. The molecule has 2 rings (SSSR count). The van der Waals surface area contributed by atoms with E-state index in [1.807, 2.05) is 18.2 Å². The Bertz CT molecular complexity index is 514. The van der Waals surface area contributed by atoms with Crippen LogP contribution in [0.5, 0.6) is 0 Å². The maximum absolute atomic E-state index is 11.7. The highest BCUT2D eigenvalue weighted by molar-refractivity contribution is 14.1. The van der Waals surface area contributed by atoms with Crippen molar-refractivity contribution in [3.8, 4) is 0 Å². The van der Waals surface area contributed by atoms with E-state index in [4.69, 9.17) is 0 Å². The Hall–Kier alpha value is -1.44. The number of rotatable bonds is 4. The van der Waals surface area contributed by atoms with Gasteiger partial charge in [-0.2, -0.15) is 0 Å². The normalized spacial score (nSPS) is 14.9. The van der Waals surface area contributed by atoms with E-state index in [0.717, 1.165) is 14.2 Å². The summed E-state index contributed by atoms with van der Waals surface area (Å²) < 4.78 is 1.03. The van der Waals surface area contributed by atoms with Crippen molar-refractivity contribution in [3.05, 3.63) is 27.8 Å². The van der Waals surface area contributed by atoms with Crippen molar-refractivity contribution in [1.29, 1.82) is 0 Å². The Morgan fingerprint density at radius 1 is 1.26 bits per heavy atom. The quantitative estimate of drug-likeness (QED) is 0.647. The fourth-order valence-corrected chi connectivity index (χ4v) is 2.42. The maximum Gasteiger partial charge on any atom is 0.229 e. The van der Waals surface area contributed by atoms with Gasteiger partial charge in [0.2, 0.25) is 17.7 Å². The van der Waals surface area contributed by atoms with E-state index in [1.165, 1.54) is 0 Å². The highest BCUT2D eigenvalue weighted by atomic mass is 127. The molecular weight excluding hydrogens is 359 g/mol. The molecule has 1 aromatic rings. The number of imide groups is 1. The zero-order chi connectivity index (χ0) is 13.8. The van der Waals surface area contributed by atoms with Gasteiger partial charge in [-0.05, 0) is 40.8 Å². The van der Waals surface area contributed by atoms with E-state index in [1.54, 1.807) is 6.07 Å². The number of nitrogens with zero attached hydrogens (tertiary/aromatic N) is 1. The van der Waals surface area contributed by atoms with Gasteiger partial charge in [-0.1, -0.05) is 6.07 Å². The summed E-state index contributed by atoms with van der Waals surface area (Å²) >= 11 is 2.16. The SMILES string of the molecule is O=C(CCN1C(=O)CCC1=O)Nc1cccc(I)c1. The number of amides is 3. The third kappa shape index (κ3) is 3.76. The molecule has 3 amide bonds. The van der Waals surface area contributed by atoms with Crippen LogP contribution in [0.3, 0.4) is 0 Å². The molecular formula is C13H13IN2O3. The van der Waals surface area contributed by atoms with E-state index in [0.29, 0.717) is 0 Å². The predicted molar refractivity (Wildman–Crippen MR) is 78.4 cm³/mol. The summed E-state index contributed by atoms with van der Waals surface area (Å²) in [6.07, 6.45) is 0.650. The number of carbonyl (C=O) groups excluding carboxylic acids is 3. The molecule has 0 atom stereocenters. The first-order chi connectivity index (χ1) is 9.06. The zero-order valence-electron chi connectivity index (χ0n) is 10.2. The number of nitrogens with one attached hydrogen (secondary N) is 1. The second-order valence-electron chi connectivity index (χ2n) is 4.25. The Morgan fingerprint density at radius 2 is 1.95 bits per heavy atom. The third-order valence-corrected chi connectivity index (χ3v) is 3.50. The number of carbonyl (C=O) groups is 3. The van der Waals surface area contributed by atoms with Crippen LogP contribution in [-0.2, 0) is 14.4 Å². The van der Waals surface area contributed by atoms with Gasteiger partial charge in [0.1, 0.15) is 0 Å². The molecule has 0 aliphatic carbocycles. The van der Waals surface area contributed by atoms with Gasteiger partial charge in [0.05, 0.1) is 0 Å². The van der Waals surface area contributed by atoms with Gasteiger partial charge in [0.15, 0.2) is 0 Å². The Kier molecular flexibility index (Phi) is 4.52. The lowest BCUT2D eigenvalue weighted by Crippen LogP contribution is -2.32. The van der Waals surface area contributed by atoms with Crippen molar-refractivity contribution in [2.75, 3.05) is 11.9 Å². The molecule has 0 aromatic heterocycles. The average Bonchev–Trinajstić information content (AvgIpc) is 2.67. The summed E-state index contributed by atoms with van der Waals surface area (Å²) in [5.41, 5.74) is 0.718. The topological polar surface area (TPSA) is 66.5 Å². The Labute approximate surface area is 124 Å². The first kappa shape index (κ1) is 14.0. The Balaban J connectivity index is 1.85. The first-order valence-electron chi connectivity index (χ1n) is 5.95. The highest BCUT2D eigenvalue weighted by Gasteiger charge is 2.28. The molecule has 1 saturated heterocycles. The molecule has 1 N–H and O–H groups in total. The van der Waals surface area contributed by atoms with Crippen LogP contribution < -0.4 is 5.32 Å². The lowest BCUT2D eigenvalue weighted by Gasteiger charge is -2.13. The fourth-order valence-electron chi connectivity index (χ4n) is 1.88. The van der Waals surface area contributed by atoms with Crippen LogP contribution in [-0.4, -0.2) is 29.2 Å². The minimum atomic E-state index is -0.200. The van der Waals surface area contributed by atoms with Gasteiger partial charge in [-0.3, -0.25) is 19.3 Å². The summed E-state index contributed by atoms with van der Waals surface area (Å²) in [5.74, 6) is -0.575. The third-order valence-electron chi connectivity index (χ3n) is 2.83. The minimum Gasteiger partial charge on any atom is -0.326 e. The molecule has 0 unspecified atom stereocenters. The van der Waals surface area contributed by atoms with Crippen molar-refractivity contribution in [3.63, 3.8) is 0 Å². The smallest absolute Gasteiger partial charge is 0.229 e. The molecule has 1 aromatic carbocycles. The van der Waals surface area contributed by atoms with Crippen LogP contribution >= 0.6 is 22.6 Å². The molecule has 1 aliphatic rings. The molecule has 1 heterocycles. The van der Waals surface area contributed by atoms with Gasteiger partial charge in [0, 0.05) is 35.1 Å². The molecule has 0 saturated carbocycles. The standard InChI is InChI=1S/C13H13IN2O3/c14-9-2-1-3-10(8-9)15-11(17)6-7-16-12(18)4-5-13(16)19/h1-3,8H,4-7H2,(H,15,17). The second kappa shape index (κ2) is 6.14. The average molecular weight is 372 g/mol. The molecule has 1 aliphatic heterocycles. The summed E-state index contributed by atoms with van der Waals surface area (Å²) in [5, 5.41) is 2.74. The van der Waals surface area contributed by atoms with E-state index in [2.05, 4.69) is 27.9 Å². The van der Waals surface area contributed by atoms with Crippen LogP contribution in [0.2, 0.25) is 0 Å². The van der Waals surface area contributed by atoms with Crippen molar-refractivity contribution in [2.45, 2.75) is 19.3 Å². The van der Waals surface area contributed by atoms with Crippen LogP contribution in [0.15, 0.2) is 24.3 Å². The van der Waals surface area contributed by atoms with E-state index in [9.17, 15) is 14.4 Å². The summed E-state index contributed by atoms with van der Waals surface area (Å²) in [7, 11) is 0. The minimum absolute atomic E-state index is 0.128. The second-order valence-corrected chi connectivity index (χ2v) is 5.49. The molecule has 0 spiro atoms. The van der Waals surface area contributed by atoms with Gasteiger partial charge >= 0.3 is 0 Å².